The zero-order valence-electron chi connectivity index (χ0n) is 14.7. The average molecular weight is 422 g/mol. The smallest absolute Gasteiger partial charge is 0.191 e. The SMILES string of the molecule is CCN1CCC(CNC(=NC)NCC2(CC)CCCC2)C1.I. The molecular weight excluding hydrogens is 387 g/mol. The Morgan fingerprint density at radius 3 is 2.50 bits per heavy atom. The first-order valence-corrected chi connectivity index (χ1v) is 8.88. The molecule has 0 aromatic heterocycles. The Morgan fingerprint density at radius 1 is 1.23 bits per heavy atom. The minimum Gasteiger partial charge on any atom is -0.356 e. The second kappa shape index (κ2) is 9.96. The van der Waals surface area contributed by atoms with E-state index in [4.69, 9.17) is 0 Å². The van der Waals surface area contributed by atoms with Gasteiger partial charge < -0.3 is 15.5 Å². The van der Waals surface area contributed by atoms with Crippen molar-refractivity contribution in [2.75, 3.05) is 39.8 Å². The summed E-state index contributed by atoms with van der Waals surface area (Å²) in [5.74, 6) is 1.76. The molecule has 1 unspecified atom stereocenters. The van der Waals surface area contributed by atoms with Gasteiger partial charge in [-0.2, -0.15) is 0 Å². The lowest BCUT2D eigenvalue weighted by Gasteiger charge is -2.28. The lowest BCUT2D eigenvalue weighted by Crippen LogP contribution is -2.44. The molecule has 0 bridgehead atoms. The number of guanidine groups is 1. The van der Waals surface area contributed by atoms with Crippen molar-refractivity contribution in [3.05, 3.63) is 0 Å². The zero-order valence-corrected chi connectivity index (χ0v) is 17.0. The summed E-state index contributed by atoms with van der Waals surface area (Å²) in [4.78, 5) is 6.93. The van der Waals surface area contributed by atoms with Gasteiger partial charge in [0.2, 0.25) is 0 Å². The van der Waals surface area contributed by atoms with E-state index in [1.165, 1.54) is 58.2 Å². The molecule has 130 valence electrons. The Bertz CT molecular complexity index is 340. The molecule has 2 N–H and O–H groups in total. The maximum Gasteiger partial charge on any atom is 0.191 e. The molecule has 2 rings (SSSR count). The molecule has 0 amide bonds. The lowest BCUT2D eigenvalue weighted by atomic mass is 9.83. The van der Waals surface area contributed by atoms with Gasteiger partial charge in [-0.25, -0.2) is 0 Å². The predicted molar refractivity (Wildman–Crippen MR) is 106 cm³/mol. The molecule has 0 radical (unpaired) electrons. The van der Waals surface area contributed by atoms with Crippen LogP contribution in [0.2, 0.25) is 0 Å². The molecule has 1 atom stereocenters. The van der Waals surface area contributed by atoms with Gasteiger partial charge in [0.05, 0.1) is 0 Å². The minimum absolute atomic E-state index is 0. The fraction of sp³-hybridized carbons (Fsp3) is 0.941. The van der Waals surface area contributed by atoms with Crippen LogP contribution < -0.4 is 10.6 Å². The molecule has 1 aliphatic heterocycles. The number of hydrogen-bond donors (Lipinski definition) is 2. The number of halogens is 1. The van der Waals surface area contributed by atoms with E-state index in [1.54, 1.807) is 0 Å². The molecule has 1 aliphatic carbocycles. The van der Waals surface area contributed by atoms with Crippen LogP contribution >= 0.6 is 24.0 Å². The van der Waals surface area contributed by atoms with Gasteiger partial charge in [-0.05, 0) is 50.1 Å². The lowest BCUT2D eigenvalue weighted by molar-refractivity contribution is 0.283. The number of rotatable bonds is 6. The summed E-state index contributed by atoms with van der Waals surface area (Å²) in [6.07, 6.45) is 8.15. The number of likely N-dealkylation sites (tertiary alicyclic amines) is 1. The van der Waals surface area contributed by atoms with Crippen LogP contribution in [0.4, 0.5) is 0 Å². The van der Waals surface area contributed by atoms with Crippen LogP contribution in [0.3, 0.4) is 0 Å². The summed E-state index contributed by atoms with van der Waals surface area (Å²) in [5, 5.41) is 7.11. The Hall–Kier alpha value is -0.0400. The normalized spacial score (nSPS) is 25.0. The fourth-order valence-electron chi connectivity index (χ4n) is 3.88. The first-order chi connectivity index (χ1) is 10.2. The highest BCUT2D eigenvalue weighted by atomic mass is 127. The second-order valence-electron chi connectivity index (χ2n) is 6.92. The topological polar surface area (TPSA) is 39.7 Å². The van der Waals surface area contributed by atoms with Crippen LogP contribution in [0.25, 0.3) is 0 Å². The van der Waals surface area contributed by atoms with Gasteiger partial charge in [0.25, 0.3) is 0 Å². The molecule has 1 saturated heterocycles. The first kappa shape index (κ1) is 20.0. The first-order valence-electron chi connectivity index (χ1n) is 8.88. The number of nitrogens with zero attached hydrogens (tertiary/aromatic N) is 2. The number of nitrogens with one attached hydrogen (secondary N) is 2. The van der Waals surface area contributed by atoms with E-state index in [1.807, 2.05) is 7.05 Å². The molecule has 5 heteroatoms. The third-order valence-electron chi connectivity index (χ3n) is 5.64. The van der Waals surface area contributed by atoms with Crippen LogP contribution in [0.1, 0.15) is 52.4 Å². The molecule has 1 saturated carbocycles. The minimum atomic E-state index is 0. The Balaban J connectivity index is 0.00000242. The maximum absolute atomic E-state index is 4.40. The third-order valence-corrected chi connectivity index (χ3v) is 5.64. The van der Waals surface area contributed by atoms with E-state index in [9.17, 15) is 0 Å². The van der Waals surface area contributed by atoms with Gasteiger partial charge in [0.15, 0.2) is 5.96 Å². The van der Waals surface area contributed by atoms with Crippen molar-refractivity contribution < 1.29 is 0 Å². The van der Waals surface area contributed by atoms with E-state index in [2.05, 4.69) is 34.4 Å². The summed E-state index contributed by atoms with van der Waals surface area (Å²) in [5.41, 5.74) is 0.518. The van der Waals surface area contributed by atoms with Crippen LogP contribution in [0.5, 0.6) is 0 Å². The summed E-state index contributed by atoms with van der Waals surface area (Å²) in [6, 6.07) is 0. The molecule has 0 aromatic carbocycles. The van der Waals surface area contributed by atoms with Crippen LogP contribution in [-0.4, -0.2) is 50.6 Å². The van der Waals surface area contributed by atoms with Crippen molar-refractivity contribution in [1.29, 1.82) is 0 Å². The van der Waals surface area contributed by atoms with Crippen LogP contribution in [0, 0.1) is 11.3 Å². The molecule has 1 heterocycles. The summed E-state index contributed by atoms with van der Waals surface area (Å²) < 4.78 is 0. The Labute approximate surface area is 153 Å². The quantitative estimate of drug-likeness (QED) is 0.393. The van der Waals surface area contributed by atoms with Gasteiger partial charge in [-0.1, -0.05) is 26.7 Å². The summed E-state index contributed by atoms with van der Waals surface area (Å²) in [7, 11) is 1.88. The number of hydrogen-bond acceptors (Lipinski definition) is 2. The Kier molecular flexibility index (Phi) is 9.05. The third kappa shape index (κ3) is 5.55. The fourth-order valence-corrected chi connectivity index (χ4v) is 3.88. The molecule has 0 aromatic rings. The highest BCUT2D eigenvalue weighted by Gasteiger charge is 2.32. The van der Waals surface area contributed by atoms with E-state index >= 15 is 0 Å². The van der Waals surface area contributed by atoms with Crippen molar-refractivity contribution in [2.45, 2.75) is 52.4 Å². The average Bonchev–Trinajstić information content (AvgIpc) is 3.17. The summed E-state index contributed by atoms with van der Waals surface area (Å²) >= 11 is 0. The summed E-state index contributed by atoms with van der Waals surface area (Å²) in [6.45, 7) is 10.4. The van der Waals surface area contributed by atoms with E-state index in [0.717, 1.165) is 25.0 Å². The molecule has 22 heavy (non-hydrogen) atoms. The highest BCUT2D eigenvalue weighted by Crippen LogP contribution is 2.40. The van der Waals surface area contributed by atoms with Crippen molar-refractivity contribution in [1.82, 2.24) is 15.5 Å². The van der Waals surface area contributed by atoms with Crippen molar-refractivity contribution >= 4 is 29.9 Å². The maximum atomic E-state index is 4.40. The second-order valence-corrected chi connectivity index (χ2v) is 6.92. The van der Waals surface area contributed by atoms with Gasteiger partial charge in [-0.15, -0.1) is 24.0 Å². The molecule has 2 fully saturated rings. The van der Waals surface area contributed by atoms with Crippen LogP contribution in [-0.2, 0) is 0 Å². The Morgan fingerprint density at radius 2 is 1.95 bits per heavy atom. The van der Waals surface area contributed by atoms with Gasteiger partial charge in [-0.3, -0.25) is 4.99 Å². The molecule has 0 spiro atoms. The number of aliphatic imine (C=N–C) groups is 1. The van der Waals surface area contributed by atoms with Crippen molar-refractivity contribution in [2.24, 2.45) is 16.3 Å². The van der Waals surface area contributed by atoms with Crippen molar-refractivity contribution in [3.8, 4) is 0 Å². The largest absolute Gasteiger partial charge is 0.356 e. The van der Waals surface area contributed by atoms with E-state index in [-0.39, 0.29) is 24.0 Å². The van der Waals surface area contributed by atoms with Gasteiger partial charge in [0, 0.05) is 26.7 Å². The van der Waals surface area contributed by atoms with Crippen LogP contribution in [0.15, 0.2) is 4.99 Å². The standard InChI is InChI=1S/C17H34N4.HI/c1-4-17(9-6-7-10-17)14-20-16(18-3)19-12-15-8-11-21(5-2)13-15;/h15H,4-14H2,1-3H3,(H2,18,19,20);1H. The van der Waals surface area contributed by atoms with E-state index < -0.39 is 0 Å². The monoisotopic (exact) mass is 422 g/mol. The van der Waals surface area contributed by atoms with E-state index in [0.29, 0.717) is 5.41 Å². The zero-order chi connectivity index (χ0) is 15.1. The van der Waals surface area contributed by atoms with Gasteiger partial charge in [0.1, 0.15) is 0 Å². The molecule has 2 aliphatic rings. The highest BCUT2D eigenvalue weighted by molar-refractivity contribution is 14.0. The van der Waals surface area contributed by atoms with Crippen molar-refractivity contribution in [3.63, 3.8) is 0 Å². The molecule has 4 nitrogen and oxygen atoms in total. The predicted octanol–water partition coefficient (Wildman–Crippen LogP) is 3.08. The van der Waals surface area contributed by atoms with Gasteiger partial charge >= 0.3 is 0 Å². The molecular formula is C17H35IN4.